The third-order valence-electron chi connectivity index (χ3n) is 6.05. The van der Waals surface area contributed by atoms with E-state index in [4.69, 9.17) is 14.5 Å². The number of nitrogens with one attached hydrogen (secondary N) is 1. The highest BCUT2D eigenvalue weighted by atomic mass is 16.6. The Morgan fingerprint density at radius 3 is 2.47 bits per heavy atom. The molecule has 7 heteroatoms. The zero-order chi connectivity index (χ0) is 21.9. The van der Waals surface area contributed by atoms with Crippen LogP contribution in [0.15, 0.2) is 48.7 Å². The summed E-state index contributed by atoms with van der Waals surface area (Å²) in [6, 6.07) is 14.6. The molecule has 0 spiro atoms. The van der Waals surface area contributed by atoms with Gasteiger partial charge in [0.05, 0.1) is 5.69 Å². The summed E-state index contributed by atoms with van der Waals surface area (Å²) in [6.07, 6.45) is 2.59. The summed E-state index contributed by atoms with van der Waals surface area (Å²) in [5.41, 5.74) is 5.44. The maximum Gasteiger partial charge on any atom is 0.227 e. The molecule has 0 saturated carbocycles. The molecule has 2 aromatic carbocycles. The molecule has 3 heterocycles. The van der Waals surface area contributed by atoms with Crippen LogP contribution < -0.4 is 19.7 Å². The number of nitrogens with zero attached hydrogens (tertiary/aromatic N) is 4. The van der Waals surface area contributed by atoms with Gasteiger partial charge in [-0.25, -0.2) is 9.97 Å². The van der Waals surface area contributed by atoms with Crippen LogP contribution in [0.2, 0.25) is 0 Å². The average molecular weight is 432 g/mol. The number of fused-ring (bicyclic) bond motifs is 1. The van der Waals surface area contributed by atoms with E-state index in [-0.39, 0.29) is 0 Å². The van der Waals surface area contributed by atoms with Gasteiger partial charge in [0, 0.05) is 50.2 Å². The summed E-state index contributed by atoms with van der Waals surface area (Å²) >= 11 is 0. The Hall–Kier alpha value is -3.32. The highest BCUT2D eigenvalue weighted by Gasteiger charge is 2.15. The molecular weight excluding hydrogens is 402 g/mol. The minimum absolute atomic E-state index is 0.588. The molecule has 3 aromatic rings. The maximum absolute atomic E-state index is 5.72. The molecule has 32 heavy (non-hydrogen) atoms. The molecule has 1 N–H and O–H groups in total. The Morgan fingerprint density at radius 1 is 0.938 bits per heavy atom. The van der Waals surface area contributed by atoms with Crippen molar-refractivity contribution in [3.05, 3.63) is 65.5 Å². The van der Waals surface area contributed by atoms with Gasteiger partial charge >= 0.3 is 0 Å². The largest absolute Gasteiger partial charge is 0.486 e. The van der Waals surface area contributed by atoms with Crippen molar-refractivity contribution in [2.45, 2.75) is 13.3 Å². The SMILES string of the molecule is Cc1cnc(Nc2ccc(N3CCN(C)CC3)cc2)nc1Cc1ccc2c(c1)OCCO2. The normalized spacial score (nSPS) is 16.1. The fraction of sp³-hybridized carbons (Fsp3) is 0.360. The molecule has 0 radical (unpaired) electrons. The van der Waals surface area contributed by atoms with E-state index in [0.717, 1.165) is 60.2 Å². The average Bonchev–Trinajstić information content (AvgIpc) is 2.82. The Bertz CT molecular complexity index is 1080. The van der Waals surface area contributed by atoms with Crippen molar-refractivity contribution < 1.29 is 9.47 Å². The molecule has 5 rings (SSSR count). The molecule has 1 aromatic heterocycles. The van der Waals surface area contributed by atoms with Crippen molar-refractivity contribution >= 4 is 17.3 Å². The van der Waals surface area contributed by atoms with E-state index < -0.39 is 0 Å². The number of aryl methyl sites for hydroxylation is 1. The Morgan fingerprint density at radius 2 is 1.69 bits per heavy atom. The number of hydrogen-bond donors (Lipinski definition) is 1. The second-order valence-electron chi connectivity index (χ2n) is 8.44. The summed E-state index contributed by atoms with van der Waals surface area (Å²) in [5.74, 6) is 2.22. The first-order valence-electron chi connectivity index (χ1n) is 11.2. The van der Waals surface area contributed by atoms with E-state index in [1.807, 2.05) is 25.3 Å². The Balaban J connectivity index is 1.27. The van der Waals surface area contributed by atoms with Gasteiger partial charge in [0.25, 0.3) is 0 Å². The van der Waals surface area contributed by atoms with Crippen LogP contribution in [0.5, 0.6) is 11.5 Å². The van der Waals surface area contributed by atoms with Gasteiger partial charge in [-0.05, 0) is 61.5 Å². The number of piperazine rings is 1. The molecular formula is C25H29N5O2. The predicted molar refractivity (Wildman–Crippen MR) is 126 cm³/mol. The van der Waals surface area contributed by atoms with E-state index in [0.29, 0.717) is 25.6 Å². The third kappa shape index (κ3) is 4.62. The standard InChI is InChI=1S/C25H29N5O2/c1-18-17-26-25(27-20-4-6-21(7-5-20)30-11-9-29(2)10-12-30)28-22(18)15-19-3-8-23-24(16-19)32-14-13-31-23/h3-8,16-17H,9-15H2,1-2H3,(H,26,27,28). The number of benzene rings is 2. The van der Waals surface area contributed by atoms with Gasteiger partial charge in [0.1, 0.15) is 13.2 Å². The highest BCUT2D eigenvalue weighted by molar-refractivity contribution is 5.59. The number of ether oxygens (including phenoxy) is 2. The highest BCUT2D eigenvalue weighted by Crippen LogP contribution is 2.31. The van der Waals surface area contributed by atoms with E-state index in [1.165, 1.54) is 5.69 Å². The smallest absolute Gasteiger partial charge is 0.227 e. The van der Waals surface area contributed by atoms with Crippen molar-refractivity contribution in [2.75, 3.05) is 56.7 Å². The van der Waals surface area contributed by atoms with E-state index in [9.17, 15) is 0 Å². The van der Waals surface area contributed by atoms with E-state index in [1.54, 1.807) is 0 Å². The number of rotatable bonds is 5. The Kier molecular flexibility index (Phi) is 5.81. The summed E-state index contributed by atoms with van der Waals surface area (Å²) < 4.78 is 11.3. The molecule has 0 amide bonds. The van der Waals surface area contributed by atoms with Gasteiger partial charge < -0.3 is 24.6 Å². The monoisotopic (exact) mass is 431 g/mol. The van der Waals surface area contributed by atoms with Crippen LogP contribution in [0.4, 0.5) is 17.3 Å². The maximum atomic E-state index is 5.72. The van der Waals surface area contributed by atoms with Gasteiger partial charge in [-0.15, -0.1) is 0 Å². The topological polar surface area (TPSA) is 62.8 Å². The molecule has 1 fully saturated rings. The van der Waals surface area contributed by atoms with Crippen molar-refractivity contribution in [3.8, 4) is 11.5 Å². The van der Waals surface area contributed by atoms with Crippen LogP contribution in [-0.4, -0.2) is 61.3 Å². The minimum atomic E-state index is 0.588. The molecule has 2 aliphatic heterocycles. The van der Waals surface area contributed by atoms with Gasteiger partial charge in [-0.2, -0.15) is 0 Å². The van der Waals surface area contributed by atoms with Crippen LogP contribution in [0, 0.1) is 6.92 Å². The van der Waals surface area contributed by atoms with Crippen LogP contribution >= 0.6 is 0 Å². The number of aromatic nitrogens is 2. The lowest BCUT2D eigenvalue weighted by atomic mass is 10.1. The van der Waals surface area contributed by atoms with Gasteiger partial charge in [-0.3, -0.25) is 0 Å². The lowest BCUT2D eigenvalue weighted by Crippen LogP contribution is -2.44. The Labute approximate surface area is 189 Å². The van der Waals surface area contributed by atoms with E-state index >= 15 is 0 Å². The van der Waals surface area contributed by atoms with Gasteiger partial charge in [0.2, 0.25) is 5.95 Å². The summed E-state index contributed by atoms with van der Waals surface area (Å²) in [5, 5.41) is 3.35. The molecule has 0 aliphatic carbocycles. The first kappa shape index (κ1) is 20.6. The van der Waals surface area contributed by atoms with Crippen molar-refractivity contribution in [1.29, 1.82) is 0 Å². The first-order chi connectivity index (χ1) is 15.6. The molecule has 0 bridgehead atoms. The number of likely N-dealkylation sites (N-methyl/N-ethyl adjacent to an activating group) is 1. The summed E-state index contributed by atoms with van der Waals surface area (Å²) in [7, 11) is 2.17. The summed E-state index contributed by atoms with van der Waals surface area (Å²) in [6.45, 7) is 7.56. The fourth-order valence-electron chi connectivity index (χ4n) is 4.06. The third-order valence-corrected chi connectivity index (χ3v) is 6.05. The second kappa shape index (κ2) is 9.04. The van der Waals surface area contributed by atoms with Gasteiger partial charge in [0.15, 0.2) is 11.5 Å². The van der Waals surface area contributed by atoms with Crippen molar-refractivity contribution in [3.63, 3.8) is 0 Å². The quantitative estimate of drug-likeness (QED) is 0.662. The lowest BCUT2D eigenvalue weighted by Gasteiger charge is -2.34. The molecule has 166 valence electrons. The second-order valence-corrected chi connectivity index (χ2v) is 8.44. The van der Waals surface area contributed by atoms with Crippen LogP contribution in [0.25, 0.3) is 0 Å². The zero-order valence-corrected chi connectivity index (χ0v) is 18.7. The van der Waals surface area contributed by atoms with Crippen LogP contribution in [0.3, 0.4) is 0 Å². The predicted octanol–water partition coefficient (Wildman–Crippen LogP) is 3.64. The van der Waals surface area contributed by atoms with Gasteiger partial charge in [-0.1, -0.05) is 6.07 Å². The van der Waals surface area contributed by atoms with Crippen molar-refractivity contribution in [1.82, 2.24) is 14.9 Å². The molecule has 2 aliphatic rings. The molecule has 7 nitrogen and oxygen atoms in total. The number of hydrogen-bond acceptors (Lipinski definition) is 7. The van der Waals surface area contributed by atoms with E-state index in [2.05, 4.69) is 57.5 Å². The molecule has 0 unspecified atom stereocenters. The van der Waals surface area contributed by atoms with Crippen LogP contribution in [0.1, 0.15) is 16.8 Å². The zero-order valence-electron chi connectivity index (χ0n) is 18.7. The first-order valence-corrected chi connectivity index (χ1v) is 11.2. The van der Waals surface area contributed by atoms with Crippen molar-refractivity contribution in [2.24, 2.45) is 0 Å². The lowest BCUT2D eigenvalue weighted by molar-refractivity contribution is 0.171. The molecule has 1 saturated heterocycles. The minimum Gasteiger partial charge on any atom is -0.486 e. The fourth-order valence-corrected chi connectivity index (χ4v) is 4.06. The molecule has 0 atom stereocenters. The van der Waals surface area contributed by atoms with Crippen LogP contribution in [-0.2, 0) is 6.42 Å². The number of anilines is 3. The summed E-state index contributed by atoms with van der Waals surface area (Å²) in [4.78, 5) is 14.1.